The van der Waals surface area contributed by atoms with Crippen LogP contribution < -0.4 is 16.3 Å². The molecule has 0 spiro atoms. The van der Waals surface area contributed by atoms with Gasteiger partial charge in [0.25, 0.3) is 0 Å². The van der Waals surface area contributed by atoms with Crippen LogP contribution in [0.3, 0.4) is 0 Å². The van der Waals surface area contributed by atoms with Crippen LogP contribution in [-0.4, -0.2) is 26.0 Å². The average molecular weight is 337 g/mol. The molecule has 3 rings (SSSR count). The number of nitrogens with zero attached hydrogens (tertiary/aromatic N) is 2. The molecular weight excluding hydrogens is 322 g/mol. The molecule has 0 unspecified atom stereocenters. The maximum atomic E-state index is 11.8. The zero-order valence-electron chi connectivity index (χ0n) is 13.3. The van der Waals surface area contributed by atoms with E-state index in [9.17, 15) is 14.7 Å². The Morgan fingerprint density at radius 2 is 1.68 bits per heavy atom. The van der Waals surface area contributed by atoms with Gasteiger partial charge in [0.1, 0.15) is 0 Å². The molecule has 3 aromatic rings. The highest BCUT2D eigenvalue weighted by Gasteiger charge is 2.11. The number of aromatic carboxylic acids is 1. The van der Waals surface area contributed by atoms with Crippen molar-refractivity contribution in [2.75, 3.05) is 10.6 Å². The fourth-order valence-electron chi connectivity index (χ4n) is 2.24. The van der Waals surface area contributed by atoms with Gasteiger partial charge in [0, 0.05) is 5.69 Å². The summed E-state index contributed by atoms with van der Waals surface area (Å²) in [5.41, 5.74) is 1.50. The van der Waals surface area contributed by atoms with Crippen LogP contribution in [0.5, 0.6) is 0 Å². The van der Waals surface area contributed by atoms with Crippen molar-refractivity contribution in [2.24, 2.45) is 0 Å². The third-order valence-corrected chi connectivity index (χ3v) is 3.45. The van der Waals surface area contributed by atoms with Crippen LogP contribution in [0, 0.1) is 6.92 Å². The summed E-state index contributed by atoms with van der Waals surface area (Å²) in [4.78, 5) is 33.5. The number of aromatic amines is 1. The van der Waals surface area contributed by atoms with Gasteiger partial charge in [0.2, 0.25) is 11.9 Å². The molecule has 1 aromatic heterocycles. The molecule has 2 aromatic carbocycles. The van der Waals surface area contributed by atoms with E-state index < -0.39 is 11.7 Å². The number of carboxylic acids is 1. The van der Waals surface area contributed by atoms with Gasteiger partial charge in [-0.25, -0.2) is 9.59 Å². The fourth-order valence-corrected chi connectivity index (χ4v) is 2.24. The summed E-state index contributed by atoms with van der Waals surface area (Å²) >= 11 is 0. The summed E-state index contributed by atoms with van der Waals surface area (Å²) in [5.74, 6) is -0.893. The van der Waals surface area contributed by atoms with E-state index in [4.69, 9.17) is 0 Å². The third-order valence-electron chi connectivity index (χ3n) is 3.45. The number of carboxylic acid groups (broad SMARTS) is 1. The second-order valence-electron chi connectivity index (χ2n) is 5.24. The van der Waals surface area contributed by atoms with Crippen LogP contribution in [0.25, 0.3) is 0 Å². The lowest BCUT2D eigenvalue weighted by Crippen LogP contribution is -2.17. The molecule has 8 nitrogen and oxygen atoms in total. The number of rotatable bonds is 5. The van der Waals surface area contributed by atoms with Gasteiger partial charge in [-0.1, -0.05) is 30.3 Å². The largest absolute Gasteiger partial charge is 0.478 e. The van der Waals surface area contributed by atoms with E-state index in [0.29, 0.717) is 5.69 Å². The molecule has 25 heavy (non-hydrogen) atoms. The van der Waals surface area contributed by atoms with Crippen LogP contribution in [0.2, 0.25) is 0 Å². The Morgan fingerprint density at radius 1 is 1.00 bits per heavy atom. The first-order valence-corrected chi connectivity index (χ1v) is 7.43. The van der Waals surface area contributed by atoms with Crippen molar-refractivity contribution in [2.45, 2.75) is 6.92 Å². The summed E-state index contributed by atoms with van der Waals surface area (Å²) in [6.07, 6.45) is 0. The maximum Gasteiger partial charge on any atom is 0.351 e. The van der Waals surface area contributed by atoms with Gasteiger partial charge < -0.3 is 15.7 Å². The Hall–Kier alpha value is -3.68. The smallest absolute Gasteiger partial charge is 0.351 e. The lowest BCUT2D eigenvalue weighted by molar-refractivity contribution is 0.0698. The van der Waals surface area contributed by atoms with Crippen molar-refractivity contribution in [3.05, 3.63) is 70.1 Å². The normalized spacial score (nSPS) is 10.3. The van der Waals surface area contributed by atoms with Gasteiger partial charge in [-0.15, -0.1) is 0 Å². The van der Waals surface area contributed by atoms with Crippen molar-refractivity contribution in [3.8, 4) is 0 Å². The molecule has 0 saturated carbocycles. The predicted octanol–water partition coefficient (Wildman–Crippen LogP) is 2.66. The van der Waals surface area contributed by atoms with Crippen molar-refractivity contribution in [1.82, 2.24) is 15.0 Å². The second-order valence-corrected chi connectivity index (χ2v) is 5.24. The highest BCUT2D eigenvalue weighted by molar-refractivity contribution is 5.94. The maximum absolute atomic E-state index is 11.8. The molecule has 0 amide bonds. The number of hydrogen-bond acceptors (Lipinski definition) is 6. The van der Waals surface area contributed by atoms with Gasteiger partial charge in [-0.3, -0.25) is 4.98 Å². The zero-order valence-corrected chi connectivity index (χ0v) is 13.3. The number of nitrogens with one attached hydrogen (secondary N) is 3. The number of anilines is 4. The molecule has 0 aliphatic carbocycles. The van der Waals surface area contributed by atoms with Crippen LogP contribution in [-0.2, 0) is 0 Å². The van der Waals surface area contributed by atoms with Crippen LogP contribution in [0.4, 0.5) is 23.3 Å². The second kappa shape index (κ2) is 6.83. The first kappa shape index (κ1) is 16.2. The highest BCUT2D eigenvalue weighted by atomic mass is 16.4. The lowest BCUT2D eigenvalue weighted by atomic mass is 10.2. The van der Waals surface area contributed by atoms with E-state index in [2.05, 4.69) is 25.6 Å². The monoisotopic (exact) mass is 337 g/mol. The summed E-state index contributed by atoms with van der Waals surface area (Å²) in [7, 11) is 0. The van der Waals surface area contributed by atoms with E-state index in [1.165, 1.54) is 6.07 Å². The van der Waals surface area contributed by atoms with E-state index in [1.807, 2.05) is 31.2 Å². The molecule has 4 N–H and O–H groups in total. The third kappa shape index (κ3) is 3.81. The van der Waals surface area contributed by atoms with E-state index in [-0.39, 0.29) is 17.5 Å². The Bertz CT molecular complexity index is 984. The molecule has 0 saturated heterocycles. The lowest BCUT2D eigenvalue weighted by Gasteiger charge is -2.10. The van der Waals surface area contributed by atoms with E-state index in [0.717, 1.165) is 11.3 Å². The number of carbonyl (C=O) groups is 1. The molecular formula is C17H15N5O3. The van der Waals surface area contributed by atoms with Crippen molar-refractivity contribution in [1.29, 1.82) is 0 Å². The molecule has 8 heteroatoms. The highest BCUT2D eigenvalue weighted by Crippen LogP contribution is 2.20. The number of benzene rings is 2. The average Bonchev–Trinajstić information content (AvgIpc) is 2.57. The van der Waals surface area contributed by atoms with Crippen LogP contribution >= 0.6 is 0 Å². The first-order chi connectivity index (χ1) is 12.0. The van der Waals surface area contributed by atoms with Crippen LogP contribution in [0.1, 0.15) is 15.9 Å². The molecule has 1 heterocycles. The molecule has 0 radical (unpaired) electrons. The number of H-pyrrole nitrogens is 1. The topological polar surface area (TPSA) is 120 Å². The molecule has 0 bridgehead atoms. The van der Waals surface area contributed by atoms with Gasteiger partial charge in [0.05, 0.1) is 11.3 Å². The molecule has 0 aliphatic rings. The van der Waals surface area contributed by atoms with E-state index in [1.54, 1.807) is 18.2 Å². The minimum atomic E-state index is -1.09. The standard InChI is InChI=1S/C17H15N5O3/c1-10-6-2-4-8-12(10)18-15-20-16(22-17(25)21-15)19-13-9-5-3-7-11(13)14(23)24/h2-9H,1H3,(H,23,24)(H3,18,19,20,21,22,25). The number of aromatic nitrogens is 3. The summed E-state index contributed by atoms with van der Waals surface area (Å²) < 4.78 is 0. The molecule has 126 valence electrons. The van der Waals surface area contributed by atoms with Crippen molar-refractivity contribution < 1.29 is 9.90 Å². The Balaban J connectivity index is 1.92. The number of aryl methyl sites for hydroxylation is 1. The van der Waals surface area contributed by atoms with Crippen LogP contribution in [0.15, 0.2) is 53.3 Å². The van der Waals surface area contributed by atoms with Gasteiger partial charge in [-0.2, -0.15) is 9.97 Å². The summed E-state index contributed by atoms with van der Waals surface area (Å²) in [6.45, 7) is 1.91. The first-order valence-electron chi connectivity index (χ1n) is 7.43. The van der Waals surface area contributed by atoms with Crippen molar-refractivity contribution >= 4 is 29.2 Å². The SMILES string of the molecule is Cc1ccccc1Nc1nc(Nc2ccccc2C(=O)O)[nH]c(=O)n1. The minimum Gasteiger partial charge on any atom is -0.478 e. The minimum absolute atomic E-state index is 0.0652. The number of hydrogen-bond donors (Lipinski definition) is 4. The number of para-hydroxylation sites is 2. The van der Waals surface area contributed by atoms with E-state index >= 15 is 0 Å². The van der Waals surface area contributed by atoms with Gasteiger partial charge in [0.15, 0.2) is 0 Å². The fraction of sp³-hybridized carbons (Fsp3) is 0.0588. The zero-order chi connectivity index (χ0) is 17.8. The van der Waals surface area contributed by atoms with Crippen molar-refractivity contribution in [3.63, 3.8) is 0 Å². The predicted molar refractivity (Wildman–Crippen MR) is 93.8 cm³/mol. The Kier molecular flexibility index (Phi) is 4.42. The molecule has 0 atom stereocenters. The molecule has 0 aliphatic heterocycles. The Morgan fingerprint density at radius 3 is 2.40 bits per heavy atom. The van der Waals surface area contributed by atoms with Gasteiger partial charge in [-0.05, 0) is 30.7 Å². The quantitative estimate of drug-likeness (QED) is 0.565. The summed E-state index contributed by atoms with van der Waals surface area (Å²) in [6, 6.07) is 13.8. The van der Waals surface area contributed by atoms with Gasteiger partial charge >= 0.3 is 11.7 Å². The summed E-state index contributed by atoms with van der Waals surface area (Å²) in [5, 5.41) is 15.0. The molecule has 0 fully saturated rings. The Labute approximate surface area is 142 Å².